The Morgan fingerprint density at radius 2 is 1.44 bits per heavy atom. The summed E-state index contributed by atoms with van der Waals surface area (Å²) in [7, 11) is 0. The van der Waals surface area contributed by atoms with E-state index in [1.165, 1.54) is 0 Å². The van der Waals surface area contributed by atoms with Gasteiger partial charge in [-0.2, -0.15) is 0 Å². The van der Waals surface area contributed by atoms with Crippen LogP contribution in [0.4, 0.5) is 5.69 Å². The Labute approximate surface area is 149 Å². The van der Waals surface area contributed by atoms with Gasteiger partial charge in [-0.1, -0.05) is 38.8 Å². The molecule has 1 aliphatic carbocycles. The number of nitrogen functional groups attached to an aromatic ring is 1. The topological polar surface area (TPSA) is 78.6 Å². The van der Waals surface area contributed by atoms with Crippen molar-refractivity contribution in [2.45, 2.75) is 65.6 Å². The monoisotopic (exact) mass is 345 g/mol. The van der Waals surface area contributed by atoms with E-state index in [0.717, 1.165) is 25.7 Å². The van der Waals surface area contributed by atoms with Gasteiger partial charge in [0.2, 0.25) is 23.1 Å². The number of carbonyl (C=O) groups is 2. The van der Waals surface area contributed by atoms with Crippen molar-refractivity contribution in [1.29, 1.82) is 0 Å². The Morgan fingerprint density at radius 1 is 0.920 bits per heavy atom. The Balaban J connectivity index is 2.48. The predicted molar refractivity (Wildman–Crippen MR) is 97.5 cm³/mol. The van der Waals surface area contributed by atoms with Gasteiger partial charge in [0.05, 0.1) is 17.8 Å². The number of rotatable bonds is 8. The highest BCUT2D eigenvalue weighted by molar-refractivity contribution is 6.27. The zero-order chi connectivity index (χ0) is 18.6. The van der Waals surface area contributed by atoms with Crippen molar-refractivity contribution in [3.63, 3.8) is 0 Å². The van der Waals surface area contributed by atoms with Crippen molar-refractivity contribution in [2.24, 2.45) is 0 Å². The summed E-state index contributed by atoms with van der Waals surface area (Å²) in [5.41, 5.74) is 6.71. The Bertz CT molecular complexity index is 693. The van der Waals surface area contributed by atoms with Gasteiger partial charge in [-0.25, -0.2) is 0 Å². The summed E-state index contributed by atoms with van der Waals surface area (Å²) in [6.45, 7) is 7.84. The number of hydrogen-bond donors (Lipinski definition) is 1. The lowest BCUT2D eigenvalue weighted by Crippen LogP contribution is -2.29. The molecule has 0 heterocycles. The second-order valence-electron chi connectivity index (χ2n) is 6.52. The van der Waals surface area contributed by atoms with Gasteiger partial charge in [0, 0.05) is 11.3 Å². The number of hydrogen-bond acceptors (Lipinski definition) is 5. The number of carbonyl (C=O) groups excluding carboxylic acids is 2. The normalized spacial score (nSPS) is 16.5. The molecule has 1 aromatic carbocycles. The largest absolute Gasteiger partial charge is 0.483 e. The molecule has 1 aliphatic rings. The maximum absolute atomic E-state index is 13.0. The second kappa shape index (κ2) is 8.19. The van der Waals surface area contributed by atoms with Crippen LogP contribution >= 0.6 is 0 Å². The summed E-state index contributed by atoms with van der Waals surface area (Å²) in [5, 5.41) is 0. The summed E-state index contributed by atoms with van der Waals surface area (Å²) in [6.07, 6.45) is 3.02. The third-order valence-corrected chi connectivity index (χ3v) is 4.22. The lowest BCUT2D eigenvalue weighted by atomic mass is 9.90. The van der Waals surface area contributed by atoms with Crippen LogP contribution in [0.15, 0.2) is 29.7 Å². The van der Waals surface area contributed by atoms with E-state index >= 15 is 0 Å². The first-order valence-corrected chi connectivity index (χ1v) is 8.96. The Morgan fingerprint density at radius 3 is 1.96 bits per heavy atom. The molecule has 2 atom stereocenters. The summed E-state index contributed by atoms with van der Waals surface area (Å²) in [5.74, 6) is -0.732. The van der Waals surface area contributed by atoms with E-state index in [4.69, 9.17) is 15.2 Å². The van der Waals surface area contributed by atoms with Gasteiger partial charge < -0.3 is 15.2 Å². The summed E-state index contributed by atoms with van der Waals surface area (Å²) in [4.78, 5) is 25.9. The average Bonchev–Trinajstić information content (AvgIpc) is 2.56. The van der Waals surface area contributed by atoms with Crippen LogP contribution in [0.5, 0.6) is 0 Å². The van der Waals surface area contributed by atoms with Gasteiger partial charge in [0.1, 0.15) is 0 Å². The van der Waals surface area contributed by atoms with Crippen LogP contribution < -0.4 is 5.73 Å². The number of ketones is 2. The van der Waals surface area contributed by atoms with Crippen molar-refractivity contribution in [3.05, 3.63) is 40.8 Å². The summed E-state index contributed by atoms with van der Waals surface area (Å²) >= 11 is 0. The molecular formula is C20H27NO4. The summed E-state index contributed by atoms with van der Waals surface area (Å²) in [6, 6.07) is 4.88. The second-order valence-corrected chi connectivity index (χ2v) is 6.52. The molecule has 0 fully saturated rings. The van der Waals surface area contributed by atoms with Gasteiger partial charge in [0.15, 0.2) is 0 Å². The van der Waals surface area contributed by atoms with Crippen molar-refractivity contribution < 1.29 is 19.1 Å². The number of ether oxygens (including phenoxy) is 2. The molecule has 0 amide bonds. The first-order chi connectivity index (χ1) is 11.9. The van der Waals surface area contributed by atoms with Crippen molar-refractivity contribution in [3.8, 4) is 0 Å². The standard InChI is InChI=1S/C20H27NO4/c1-5-8-12(3)24-19-17(22)14-10-7-11-15(21)16(14)18(23)20(19)25-13(4)9-6-2/h7,10-13H,5-6,8-9,21H2,1-4H3. The minimum Gasteiger partial charge on any atom is -0.483 e. The van der Waals surface area contributed by atoms with Crippen LogP contribution in [0.25, 0.3) is 0 Å². The Hall–Kier alpha value is -2.30. The highest BCUT2D eigenvalue weighted by atomic mass is 16.5. The molecule has 0 aliphatic heterocycles. The molecule has 0 aromatic heterocycles. The van der Waals surface area contributed by atoms with Crippen LogP contribution in [-0.2, 0) is 9.47 Å². The van der Waals surface area contributed by atoms with Gasteiger partial charge in [-0.15, -0.1) is 0 Å². The molecule has 2 rings (SSSR count). The number of fused-ring (bicyclic) bond motifs is 1. The number of anilines is 1. The highest BCUT2D eigenvalue weighted by Gasteiger charge is 2.37. The van der Waals surface area contributed by atoms with E-state index in [-0.39, 0.29) is 52.1 Å². The van der Waals surface area contributed by atoms with Crippen molar-refractivity contribution in [1.82, 2.24) is 0 Å². The predicted octanol–water partition coefficient (Wildman–Crippen LogP) is 4.27. The van der Waals surface area contributed by atoms with E-state index < -0.39 is 0 Å². The number of allylic oxidation sites excluding steroid dienone is 2. The lowest BCUT2D eigenvalue weighted by molar-refractivity contribution is 0.0507. The lowest BCUT2D eigenvalue weighted by Gasteiger charge is -2.26. The SMILES string of the molecule is CCCC(C)OC1=C(OC(C)CCC)C(=O)c2c(N)cccc2C1=O. The molecule has 0 saturated carbocycles. The van der Waals surface area contributed by atoms with E-state index in [2.05, 4.69) is 0 Å². The van der Waals surface area contributed by atoms with Gasteiger partial charge in [-0.3, -0.25) is 9.59 Å². The van der Waals surface area contributed by atoms with E-state index in [0.29, 0.717) is 0 Å². The molecule has 0 spiro atoms. The van der Waals surface area contributed by atoms with Crippen LogP contribution in [0.1, 0.15) is 74.1 Å². The molecule has 0 saturated heterocycles. The zero-order valence-corrected chi connectivity index (χ0v) is 15.4. The maximum atomic E-state index is 13.0. The fraction of sp³-hybridized carbons (Fsp3) is 0.500. The molecule has 136 valence electrons. The first-order valence-electron chi connectivity index (χ1n) is 8.96. The highest BCUT2D eigenvalue weighted by Crippen LogP contribution is 2.33. The fourth-order valence-electron chi connectivity index (χ4n) is 3.00. The van der Waals surface area contributed by atoms with Crippen LogP contribution in [0.2, 0.25) is 0 Å². The zero-order valence-electron chi connectivity index (χ0n) is 15.4. The molecule has 25 heavy (non-hydrogen) atoms. The fourth-order valence-corrected chi connectivity index (χ4v) is 3.00. The van der Waals surface area contributed by atoms with E-state index in [9.17, 15) is 9.59 Å². The van der Waals surface area contributed by atoms with Crippen LogP contribution in [0, 0.1) is 0 Å². The minimum atomic E-state index is -0.380. The van der Waals surface area contributed by atoms with Gasteiger partial charge in [0.25, 0.3) is 0 Å². The number of Topliss-reactive ketones (excluding diaryl/α,β-unsaturated/α-hetero) is 2. The third-order valence-electron chi connectivity index (χ3n) is 4.22. The maximum Gasteiger partial charge on any atom is 0.234 e. The minimum absolute atomic E-state index is 0.00648. The first kappa shape index (κ1) is 19.0. The number of benzene rings is 1. The molecule has 2 unspecified atom stereocenters. The quantitative estimate of drug-likeness (QED) is 0.712. The summed E-state index contributed by atoms with van der Waals surface area (Å²) < 4.78 is 11.7. The Kier molecular flexibility index (Phi) is 6.23. The molecule has 5 nitrogen and oxygen atoms in total. The van der Waals surface area contributed by atoms with E-state index in [1.807, 2.05) is 27.7 Å². The smallest absolute Gasteiger partial charge is 0.234 e. The molecule has 1 aromatic rings. The van der Waals surface area contributed by atoms with E-state index in [1.54, 1.807) is 18.2 Å². The molecule has 0 radical (unpaired) electrons. The molecule has 5 heteroatoms. The average molecular weight is 345 g/mol. The molecular weight excluding hydrogens is 318 g/mol. The van der Waals surface area contributed by atoms with Gasteiger partial charge in [-0.05, 0) is 32.8 Å². The number of nitrogens with two attached hydrogens (primary N) is 1. The van der Waals surface area contributed by atoms with Crippen molar-refractivity contribution >= 4 is 17.3 Å². The molecule has 0 bridgehead atoms. The van der Waals surface area contributed by atoms with Crippen LogP contribution in [0.3, 0.4) is 0 Å². The van der Waals surface area contributed by atoms with Crippen molar-refractivity contribution in [2.75, 3.05) is 5.73 Å². The van der Waals surface area contributed by atoms with Gasteiger partial charge >= 0.3 is 0 Å². The van der Waals surface area contributed by atoms with Crippen LogP contribution in [-0.4, -0.2) is 23.8 Å². The molecule has 2 N–H and O–H groups in total. The third kappa shape index (κ3) is 4.03.